The number of hydrogen-bond acceptors (Lipinski definition) is 3. The van der Waals surface area contributed by atoms with Gasteiger partial charge in [-0.3, -0.25) is 0 Å². The van der Waals surface area contributed by atoms with E-state index >= 15 is 0 Å². The molecule has 3 nitrogen and oxygen atoms in total. The zero-order chi connectivity index (χ0) is 44.1. The van der Waals surface area contributed by atoms with Gasteiger partial charge in [-0.25, -0.2) is 15.0 Å². The molecule has 2 aromatic heterocycles. The summed E-state index contributed by atoms with van der Waals surface area (Å²) in [5, 5.41) is 0. The van der Waals surface area contributed by atoms with Crippen LogP contribution in [0.3, 0.4) is 0 Å². The molecule has 0 fully saturated rings. The average molecular weight is 842 g/mol. The Kier molecular flexibility index (Phi) is 11.0. The largest absolute Gasteiger partial charge is 0.246 e. The molecular formula is C63H43N3. The van der Waals surface area contributed by atoms with Crippen molar-refractivity contribution in [2.75, 3.05) is 0 Å². The molecule has 66 heavy (non-hydrogen) atoms. The van der Waals surface area contributed by atoms with Crippen LogP contribution in [0.5, 0.6) is 0 Å². The fraction of sp³-hybridized carbons (Fsp3) is 0. The third-order valence-electron chi connectivity index (χ3n) is 12.1. The van der Waals surface area contributed by atoms with E-state index in [2.05, 4.69) is 249 Å². The van der Waals surface area contributed by atoms with E-state index in [0.717, 1.165) is 101 Å². The quantitative estimate of drug-likeness (QED) is 0.138. The molecule has 0 saturated carbocycles. The molecule has 0 atom stereocenters. The van der Waals surface area contributed by atoms with Crippen LogP contribution >= 0.6 is 0 Å². The normalized spacial score (nSPS) is 11.0. The number of hydrogen-bond donors (Lipinski definition) is 0. The van der Waals surface area contributed by atoms with Crippen LogP contribution in [0.1, 0.15) is 0 Å². The van der Waals surface area contributed by atoms with Gasteiger partial charge in [-0.05, 0) is 57.1 Å². The van der Waals surface area contributed by atoms with E-state index < -0.39 is 0 Å². The van der Waals surface area contributed by atoms with Crippen LogP contribution in [0.4, 0.5) is 0 Å². The second-order valence-electron chi connectivity index (χ2n) is 16.3. The molecule has 0 spiro atoms. The van der Waals surface area contributed by atoms with Gasteiger partial charge >= 0.3 is 0 Å². The molecule has 0 saturated heterocycles. The van der Waals surface area contributed by atoms with E-state index in [1.54, 1.807) is 0 Å². The molecule has 0 aliphatic carbocycles. The van der Waals surface area contributed by atoms with Gasteiger partial charge in [-0.15, -0.1) is 0 Å². The molecule has 0 amide bonds. The monoisotopic (exact) mass is 841 g/mol. The van der Waals surface area contributed by atoms with Crippen LogP contribution in [0.2, 0.25) is 0 Å². The number of nitrogens with zero attached hydrogens (tertiary/aromatic N) is 3. The second kappa shape index (κ2) is 18.1. The SMILES string of the molecule is c1ccc(-c2ccc(-c3cc(-c4ccccc4)nc(-c4cccc(-c5cccc(-c6c(-c7ccccc7)c(-c7ccccc7)nc(-c7ccccc7)c6-c6ccccc6)c5)c4)n3)cc2)cc1. The van der Waals surface area contributed by atoms with Gasteiger partial charge < -0.3 is 0 Å². The molecule has 310 valence electrons. The van der Waals surface area contributed by atoms with E-state index in [9.17, 15) is 0 Å². The van der Waals surface area contributed by atoms with Crippen LogP contribution in [-0.4, -0.2) is 15.0 Å². The summed E-state index contributed by atoms with van der Waals surface area (Å²) in [6, 6.07) is 91.7. The van der Waals surface area contributed by atoms with E-state index in [1.807, 2.05) is 12.1 Å². The second-order valence-corrected chi connectivity index (χ2v) is 16.3. The average Bonchev–Trinajstić information content (AvgIpc) is 3.41. The van der Waals surface area contributed by atoms with Gasteiger partial charge in [-0.2, -0.15) is 0 Å². The predicted octanol–water partition coefficient (Wildman–Crippen LogP) is 16.5. The van der Waals surface area contributed by atoms with Crippen molar-refractivity contribution >= 4 is 0 Å². The molecule has 0 aliphatic rings. The Labute approximate surface area is 386 Å². The van der Waals surface area contributed by atoms with Crippen LogP contribution in [0, 0.1) is 0 Å². The van der Waals surface area contributed by atoms with Gasteiger partial charge in [0.15, 0.2) is 5.82 Å². The summed E-state index contributed by atoms with van der Waals surface area (Å²) in [6.07, 6.45) is 0. The lowest BCUT2D eigenvalue weighted by atomic mass is 9.82. The highest BCUT2D eigenvalue weighted by atomic mass is 14.9. The molecule has 0 radical (unpaired) electrons. The maximum absolute atomic E-state index is 5.64. The zero-order valence-electron chi connectivity index (χ0n) is 36.2. The van der Waals surface area contributed by atoms with Gasteiger partial charge in [0, 0.05) is 44.5 Å². The lowest BCUT2D eigenvalue weighted by molar-refractivity contribution is 1.18. The molecule has 3 heteroatoms. The Morgan fingerprint density at radius 2 is 0.500 bits per heavy atom. The lowest BCUT2D eigenvalue weighted by Crippen LogP contribution is -2.01. The predicted molar refractivity (Wildman–Crippen MR) is 274 cm³/mol. The molecule has 11 aromatic rings. The summed E-state index contributed by atoms with van der Waals surface area (Å²) in [5.74, 6) is 0.670. The van der Waals surface area contributed by atoms with Gasteiger partial charge in [0.1, 0.15) is 0 Å². The van der Waals surface area contributed by atoms with Crippen molar-refractivity contribution in [3.8, 4) is 112 Å². The first-order valence-electron chi connectivity index (χ1n) is 22.3. The molecule has 0 aliphatic heterocycles. The lowest BCUT2D eigenvalue weighted by Gasteiger charge is -2.23. The fourth-order valence-electron chi connectivity index (χ4n) is 8.89. The Morgan fingerprint density at radius 3 is 0.970 bits per heavy atom. The highest BCUT2D eigenvalue weighted by molar-refractivity contribution is 6.05. The maximum Gasteiger partial charge on any atom is 0.160 e. The Balaban J connectivity index is 1.09. The minimum absolute atomic E-state index is 0.670. The summed E-state index contributed by atoms with van der Waals surface area (Å²) in [7, 11) is 0. The standard InChI is InChI=1S/C63H43N3/c1-7-21-44(22-8-1)45-37-39-47(40-38-45)57-43-56(46-23-9-2-10-24-46)64-63(65-57)55-36-20-34-53(42-55)52-33-19-35-54(41-52)58-59(48-25-11-3-12-26-48)61(50-29-15-5-16-30-50)66-62(51-31-17-6-18-32-51)60(58)49-27-13-4-14-28-49/h1-43H. The third-order valence-corrected chi connectivity index (χ3v) is 12.1. The van der Waals surface area contributed by atoms with Gasteiger partial charge in [0.2, 0.25) is 0 Å². The van der Waals surface area contributed by atoms with Crippen molar-refractivity contribution in [2.24, 2.45) is 0 Å². The van der Waals surface area contributed by atoms with Crippen LogP contribution < -0.4 is 0 Å². The zero-order valence-corrected chi connectivity index (χ0v) is 36.2. The number of benzene rings is 9. The van der Waals surface area contributed by atoms with Crippen LogP contribution in [0.25, 0.3) is 112 Å². The number of pyridine rings is 1. The van der Waals surface area contributed by atoms with Gasteiger partial charge in [0.05, 0.1) is 22.8 Å². The molecule has 0 bridgehead atoms. The molecule has 0 unspecified atom stereocenters. The van der Waals surface area contributed by atoms with E-state index in [1.165, 1.54) is 5.56 Å². The first kappa shape index (κ1) is 40.0. The molecular weight excluding hydrogens is 799 g/mol. The number of aromatic nitrogens is 3. The smallest absolute Gasteiger partial charge is 0.160 e. The van der Waals surface area contributed by atoms with Crippen molar-refractivity contribution in [3.05, 3.63) is 261 Å². The van der Waals surface area contributed by atoms with Crippen molar-refractivity contribution in [2.45, 2.75) is 0 Å². The molecule has 11 rings (SSSR count). The number of rotatable bonds is 10. The van der Waals surface area contributed by atoms with E-state index in [0.29, 0.717) is 5.82 Å². The highest BCUT2D eigenvalue weighted by Gasteiger charge is 2.25. The summed E-state index contributed by atoms with van der Waals surface area (Å²) < 4.78 is 0. The molecule has 0 N–H and O–H groups in total. The van der Waals surface area contributed by atoms with Crippen molar-refractivity contribution in [3.63, 3.8) is 0 Å². The Bertz CT molecular complexity index is 3310. The van der Waals surface area contributed by atoms with E-state index in [-0.39, 0.29) is 0 Å². The van der Waals surface area contributed by atoms with Crippen LogP contribution in [0.15, 0.2) is 261 Å². The third kappa shape index (κ3) is 8.14. The van der Waals surface area contributed by atoms with E-state index in [4.69, 9.17) is 15.0 Å². The highest BCUT2D eigenvalue weighted by Crippen LogP contribution is 2.49. The summed E-state index contributed by atoms with van der Waals surface area (Å²) in [6.45, 7) is 0. The van der Waals surface area contributed by atoms with Gasteiger partial charge in [-0.1, -0.05) is 243 Å². The minimum atomic E-state index is 0.670. The maximum atomic E-state index is 5.64. The summed E-state index contributed by atoms with van der Waals surface area (Å²) in [5.41, 5.74) is 19.8. The Hall–Kier alpha value is -8.79. The van der Waals surface area contributed by atoms with Crippen molar-refractivity contribution < 1.29 is 0 Å². The topological polar surface area (TPSA) is 38.7 Å². The first-order chi connectivity index (χ1) is 32.7. The summed E-state index contributed by atoms with van der Waals surface area (Å²) >= 11 is 0. The van der Waals surface area contributed by atoms with Crippen molar-refractivity contribution in [1.29, 1.82) is 0 Å². The fourth-order valence-corrected chi connectivity index (χ4v) is 8.89. The molecule has 2 heterocycles. The minimum Gasteiger partial charge on any atom is -0.246 e. The molecule has 9 aromatic carbocycles. The van der Waals surface area contributed by atoms with Crippen molar-refractivity contribution in [1.82, 2.24) is 15.0 Å². The van der Waals surface area contributed by atoms with Crippen LogP contribution in [-0.2, 0) is 0 Å². The Morgan fingerprint density at radius 1 is 0.182 bits per heavy atom. The first-order valence-corrected chi connectivity index (χ1v) is 22.3. The van der Waals surface area contributed by atoms with Gasteiger partial charge in [0.25, 0.3) is 0 Å². The summed E-state index contributed by atoms with van der Waals surface area (Å²) in [4.78, 5) is 16.1.